The van der Waals surface area contributed by atoms with Gasteiger partial charge in [-0.3, -0.25) is 4.79 Å². The Morgan fingerprint density at radius 3 is 2.48 bits per heavy atom. The first-order valence-electron chi connectivity index (χ1n) is 10.3. The number of carbonyl (C=O) groups is 1. The highest BCUT2D eigenvalue weighted by molar-refractivity contribution is 5.96. The highest BCUT2D eigenvalue weighted by atomic mass is 16.7. The van der Waals surface area contributed by atoms with Gasteiger partial charge in [0.25, 0.3) is 5.91 Å². The van der Waals surface area contributed by atoms with Gasteiger partial charge in [0.1, 0.15) is 24.7 Å². The van der Waals surface area contributed by atoms with Crippen LogP contribution in [0.4, 0.5) is 0 Å². The van der Waals surface area contributed by atoms with E-state index in [1.165, 1.54) is 0 Å². The molecule has 0 aromatic heterocycles. The first-order chi connectivity index (χ1) is 15.2. The van der Waals surface area contributed by atoms with Gasteiger partial charge < -0.3 is 23.8 Å². The monoisotopic (exact) mass is 419 g/mol. The predicted molar refractivity (Wildman–Crippen MR) is 117 cm³/mol. The molecule has 31 heavy (non-hydrogen) atoms. The summed E-state index contributed by atoms with van der Waals surface area (Å²) < 4.78 is 22.4. The molecule has 1 heterocycles. The van der Waals surface area contributed by atoms with Crippen LogP contribution < -0.4 is 18.9 Å². The van der Waals surface area contributed by atoms with Crippen molar-refractivity contribution in [3.05, 3.63) is 83.9 Å². The molecule has 0 saturated carbocycles. The molecule has 0 N–H and O–H groups in total. The van der Waals surface area contributed by atoms with Gasteiger partial charge in [-0.2, -0.15) is 0 Å². The number of amides is 1. The van der Waals surface area contributed by atoms with E-state index in [1.807, 2.05) is 73.7 Å². The van der Waals surface area contributed by atoms with E-state index in [0.717, 1.165) is 17.1 Å². The van der Waals surface area contributed by atoms with Crippen LogP contribution in [0, 0.1) is 0 Å². The maximum atomic E-state index is 13.2. The number of ether oxygens (including phenoxy) is 4. The SMILES string of the molecule is CCN(Cc1ccc2c(c1)OCO2)C(=O)c1ccccc1OCCOc1ccccc1. The van der Waals surface area contributed by atoms with E-state index in [1.54, 1.807) is 11.0 Å². The van der Waals surface area contributed by atoms with Crippen LogP contribution in [0.15, 0.2) is 72.8 Å². The minimum atomic E-state index is -0.0836. The summed E-state index contributed by atoms with van der Waals surface area (Å²) in [7, 11) is 0. The van der Waals surface area contributed by atoms with Crippen molar-refractivity contribution in [3.8, 4) is 23.0 Å². The Morgan fingerprint density at radius 1 is 0.903 bits per heavy atom. The van der Waals surface area contributed by atoms with Crippen LogP contribution in [-0.2, 0) is 6.54 Å². The van der Waals surface area contributed by atoms with Gasteiger partial charge in [0, 0.05) is 13.1 Å². The second kappa shape index (κ2) is 9.89. The lowest BCUT2D eigenvalue weighted by Gasteiger charge is -2.22. The van der Waals surface area contributed by atoms with Crippen LogP contribution in [0.3, 0.4) is 0 Å². The fourth-order valence-electron chi connectivity index (χ4n) is 3.35. The number of benzene rings is 3. The Balaban J connectivity index is 1.39. The zero-order valence-corrected chi connectivity index (χ0v) is 17.5. The molecule has 0 unspecified atom stereocenters. The number of para-hydroxylation sites is 2. The highest BCUT2D eigenvalue weighted by Crippen LogP contribution is 2.33. The number of hydrogen-bond donors (Lipinski definition) is 0. The van der Waals surface area contributed by atoms with Crippen LogP contribution in [0.1, 0.15) is 22.8 Å². The van der Waals surface area contributed by atoms with E-state index in [4.69, 9.17) is 18.9 Å². The number of hydrogen-bond acceptors (Lipinski definition) is 5. The largest absolute Gasteiger partial charge is 0.490 e. The Kier molecular flexibility index (Phi) is 6.57. The minimum Gasteiger partial charge on any atom is -0.490 e. The number of carbonyl (C=O) groups excluding carboxylic acids is 1. The van der Waals surface area contributed by atoms with Gasteiger partial charge in [-0.25, -0.2) is 0 Å². The third-order valence-electron chi connectivity index (χ3n) is 4.95. The summed E-state index contributed by atoms with van der Waals surface area (Å²) in [6, 6.07) is 22.6. The van der Waals surface area contributed by atoms with E-state index >= 15 is 0 Å². The van der Waals surface area contributed by atoms with Crippen molar-refractivity contribution in [3.63, 3.8) is 0 Å². The summed E-state index contributed by atoms with van der Waals surface area (Å²) in [5, 5.41) is 0. The summed E-state index contributed by atoms with van der Waals surface area (Å²) in [5.74, 6) is 2.70. The third kappa shape index (κ3) is 5.09. The molecular weight excluding hydrogens is 394 g/mol. The van der Waals surface area contributed by atoms with E-state index in [9.17, 15) is 4.79 Å². The van der Waals surface area contributed by atoms with E-state index in [2.05, 4.69) is 0 Å². The smallest absolute Gasteiger partial charge is 0.257 e. The molecule has 0 fully saturated rings. The molecule has 1 amide bonds. The molecule has 4 rings (SSSR count). The molecule has 6 nitrogen and oxygen atoms in total. The second-order valence-corrected chi connectivity index (χ2v) is 7.01. The Bertz CT molecular complexity index is 1020. The van der Waals surface area contributed by atoms with Crippen molar-refractivity contribution < 1.29 is 23.7 Å². The maximum Gasteiger partial charge on any atom is 0.257 e. The van der Waals surface area contributed by atoms with E-state index in [-0.39, 0.29) is 12.7 Å². The first kappa shape index (κ1) is 20.6. The van der Waals surface area contributed by atoms with Gasteiger partial charge in [0.05, 0.1) is 5.56 Å². The normalized spacial score (nSPS) is 11.8. The lowest BCUT2D eigenvalue weighted by atomic mass is 10.1. The van der Waals surface area contributed by atoms with Crippen molar-refractivity contribution in [1.29, 1.82) is 0 Å². The fraction of sp³-hybridized carbons (Fsp3) is 0.240. The summed E-state index contributed by atoms with van der Waals surface area (Å²) in [6.07, 6.45) is 0. The van der Waals surface area contributed by atoms with Crippen LogP contribution in [0.5, 0.6) is 23.0 Å². The quantitative estimate of drug-likeness (QED) is 0.477. The van der Waals surface area contributed by atoms with Gasteiger partial charge >= 0.3 is 0 Å². The molecule has 1 aliphatic heterocycles. The van der Waals surface area contributed by atoms with Crippen molar-refractivity contribution in [2.75, 3.05) is 26.6 Å². The first-order valence-corrected chi connectivity index (χ1v) is 10.3. The predicted octanol–water partition coefficient (Wildman–Crippen LogP) is 4.54. The zero-order valence-electron chi connectivity index (χ0n) is 17.5. The van der Waals surface area contributed by atoms with Gasteiger partial charge in [0.15, 0.2) is 11.5 Å². The van der Waals surface area contributed by atoms with E-state index in [0.29, 0.717) is 43.4 Å². The average molecular weight is 419 g/mol. The molecule has 3 aromatic carbocycles. The van der Waals surface area contributed by atoms with Crippen molar-refractivity contribution in [1.82, 2.24) is 4.90 Å². The van der Waals surface area contributed by atoms with Crippen LogP contribution in [0.25, 0.3) is 0 Å². The van der Waals surface area contributed by atoms with Crippen LogP contribution in [-0.4, -0.2) is 37.4 Å². The van der Waals surface area contributed by atoms with Crippen molar-refractivity contribution in [2.24, 2.45) is 0 Å². The Hall–Kier alpha value is -3.67. The lowest BCUT2D eigenvalue weighted by molar-refractivity contribution is 0.0747. The maximum absolute atomic E-state index is 13.2. The minimum absolute atomic E-state index is 0.0836. The molecule has 0 radical (unpaired) electrons. The fourth-order valence-corrected chi connectivity index (χ4v) is 3.35. The second-order valence-electron chi connectivity index (χ2n) is 7.01. The molecule has 6 heteroatoms. The van der Waals surface area contributed by atoms with Crippen molar-refractivity contribution >= 4 is 5.91 Å². The zero-order chi connectivity index (χ0) is 21.5. The third-order valence-corrected chi connectivity index (χ3v) is 4.95. The standard InChI is InChI=1S/C25H25NO5/c1-2-26(17-19-12-13-23-24(16-19)31-18-30-23)25(27)21-10-6-7-11-22(21)29-15-14-28-20-8-4-3-5-9-20/h3-13,16H,2,14-15,17-18H2,1H3. The summed E-state index contributed by atoms with van der Waals surface area (Å²) >= 11 is 0. The lowest BCUT2D eigenvalue weighted by Crippen LogP contribution is -2.30. The molecule has 0 spiro atoms. The molecule has 1 aliphatic rings. The topological polar surface area (TPSA) is 57.2 Å². The van der Waals surface area contributed by atoms with Crippen molar-refractivity contribution in [2.45, 2.75) is 13.5 Å². The molecule has 0 aliphatic carbocycles. The van der Waals surface area contributed by atoms with E-state index < -0.39 is 0 Å². The molecule has 160 valence electrons. The molecule has 3 aromatic rings. The summed E-state index contributed by atoms with van der Waals surface area (Å²) in [5.41, 5.74) is 1.51. The van der Waals surface area contributed by atoms with Gasteiger partial charge in [-0.05, 0) is 48.9 Å². The number of fused-ring (bicyclic) bond motifs is 1. The summed E-state index contributed by atoms with van der Waals surface area (Å²) in [4.78, 5) is 15.0. The van der Waals surface area contributed by atoms with Gasteiger partial charge in [0.2, 0.25) is 6.79 Å². The summed E-state index contributed by atoms with van der Waals surface area (Å²) in [6.45, 7) is 3.96. The van der Waals surface area contributed by atoms with Gasteiger partial charge in [-0.1, -0.05) is 36.4 Å². The van der Waals surface area contributed by atoms with Crippen LogP contribution in [0.2, 0.25) is 0 Å². The molecule has 0 bridgehead atoms. The van der Waals surface area contributed by atoms with Crippen LogP contribution >= 0.6 is 0 Å². The molecule has 0 saturated heterocycles. The Labute approximate surface area is 181 Å². The number of nitrogens with zero attached hydrogens (tertiary/aromatic N) is 1. The average Bonchev–Trinajstić information content (AvgIpc) is 3.29. The highest BCUT2D eigenvalue weighted by Gasteiger charge is 2.20. The number of rotatable bonds is 9. The Morgan fingerprint density at radius 2 is 1.65 bits per heavy atom. The molecular formula is C25H25NO5. The van der Waals surface area contributed by atoms with Gasteiger partial charge in [-0.15, -0.1) is 0 Å². The molecule has 0 atom stereocenters.